The highest BCUT2D eigenvalue weighted by molar-refractivity contribution is 5.62. The molecule has 0 amide bonds. The van der Waals surface area contributed by atoms with Gasteiger partial charge in [0.2, 0.25) is 0 Å². The summed E-state index contributed by atoms with van der Waals surface area (Å²) in [6.45, 7) is 6.72. The van der Waals surface area contributed by atoms with Gasteiger partial charge in [0.05, 0.1) is 6.61 Å². The standard InChI is InChI=1S/C13H18O2/c1-4-15-12-7-5-11(6-8-12)13(9-14)10(2)3/h5-10,13H,4H2,1-3H3. The summed E-state index contributed by atoms with van der Waals surface area (Å²) in [4.78, 5) is 10.9. The van der Waals surface area contributed by atoms with E-state index in [9.17, 15) is 4.79 Å². The van der Waals surface area contributed by atoms with Crippen LogP contribution in [0.5, 0.6) is 5.75 Å². The van der Waals surface area contributed by atoms with Gasteiger partial charge >= 0.3 is 0 Å². The van der Waals surface area contributed by atoms with E-state index in [1.807, 2.05) is 31.2 Å². The van der Waals surface area contributed by atoms with E-state index < -0.39 is 0 Å². The fourth-order valence-electron chi connectivity index (χ4n) is 1.57. The van der Waals surface area contributed by atoms with Crippen LogP contribution in [-0.2, 0) is 4.79 Å². The lowest BCUT2D eigenvalue weighted by molar-refractivity contribution is -0.109. The van der Waals surface area contributed by atoms with Gasteiger partial charge in [0.25, 0.3) is 0 Å². The average Bonchev–Trinajstić information content (AvgIpc) is 2.21. The predicted molar refractivity (Wildman–Crippen MR) is 61.3 cm³/mol. The van der Waals surface area contributed by atoms with Gasteiger partial charge in [0.1, 0.15) is 12.0 Å². The van der Waals surface area contributed by atoms with E-state index in [1.54, 1.807) is 0 Å². The van der Waals surface area contributed by atoms with E-state index in [0.29, 0.717) is 12.5 Å². The molecule has 0 aliphatic heterocycles. The van der Waals surface area contributed by atoms with Gasteiger partial charge in [0.15, 0.2) is 0 Å². The quantitative estimate of drug-likeness (QED) is 0.692. The number of ether oxygens (including phenoxy) is 1. The van der Waals surface area contributed by atoms with Crippen LogP contribution in [0.25, 0.3) is 0 Å². The van der Waals surface area contributed by atoms with Crippen molar-refractivity contribution in [2.75, 3.05) is 6.61 Å². The molecular weight excluding hydrogens is 188 g/mol. The molecule has 0 saturated carbocycles. The van der Waals surface area contributed by atoms with Gasteiger partial charge in [-0.1, -0.05) is 26.0 Å². The summed E-state index contributed by atoms with van der Waals surface area (Å²) in [7, 11) is 0. The molecule has 0 bridgehead atoms. The number of aldehydes is 1. The molecule has 0 heterocycles. The van der Waals surface area contributed by atoms with Crippen LogP contribution in [0.15, 0.2) is 24.3 Å². The van der Waals surface area contributed by atoms with E-state index in [-0.39, 0.29) is 5.92 Å². The molecule has 0 fully saturated rings. The van der Waals surface area contributed by atoms with E-state index in [2.05, 4.69) is 13.8 Å². The van der Waals surface area contributed by atoms with Crippen molar-refractivity contribution in [3.63, 3.8) is 0 Å². The van der Waals surface area contributed by atoms with Gasteiger partial charge in [-0.3, -0.25) is 0 Å². The molecular formula is C13H18O2. The van der Waals surface area contributed by atoms with Crippen LogP contribution in [0.4, 0.5) is 0 Å². The second-order valence-electron chi connectivity index (χ2n) is 3.91. The molecule has 2 heteroatoms. The Morgan fingerprint density at radius 3 is 2.27 bits per heavy atom. The second-order valence-corrected chi connectivity index (χ2v) is 3.91. The topological polar surface area (TPSA) is 26.3 Å². The van der Waals surface area contributed by atoms with Gasteiger partial charge in [-0.25, -0.2) is 0 Å². The van der Waals surface area contributed by atoms with Crippen LogP contribution in [0.2, 0.25) is 0 Å². The lowest BCUT2D eigenvalue weighted by Gasteiger charge is -2.14. The minimum atomic E-state index is -0.0133. The zero-order valence-electron chi connectivity index (χ0n) is 9.57. The first-order valence-corrected chi connectivity index (χ1v) is 5.37. The lowest BCUT2D eigenvalue weighted by Crippen LogP contribution is -2.07. The third-order valence-corrected chi connectivity index (χ3v) is 2.44. The Labute approximate surface area is 91.3 Å². The minimum absolute atomic E-state index is 0.0133. The monoisotopic (exact) mass is 206 g/mol. The molecule has 15 heavy (non-hydrogen) atoms. The van der Waals surface area contributed by atoms with Crippen molar-refractivity contribution in [2.45, 2.75) is 26.7 Å². The molecule has 1 aromatic rings. The summed E-state index contributed by atoms with van der Waals surface area (Å²) in [5, 5.41) is 0. The lowest BCUT2D eigenvalue weighted by atomic mass is 9.90. The summed E-state index contributed by atoms with van der Waals surface area (Å²) >= 11 is 0. The molecule has 1 rings (SSSR count). The predicted octanol–water partition coefficient (Wildman–Crippen LogP) is 3.02. The van der Waals surface area contributed by atoms with Gasteiger partial charge < -0.3 is 9.53 Å². The molecule has 0 radical (unpaired) electrons. The maximum atomic E-state index is 10.9. The molecule has 1 aromatic carbocycles. The molecule has 0 N–H and O–H groups in total. The zero-order chi connectivity index (χ0) is 11.3. The molecule has 82 valence electrons. The van der Waals surface area contributed by atoms with E-state index in [4.69, 9.17) is 4.74 Å². The van der Waals surface area contributed by atoms with Crippen molar-refractivity contribution in [3.8, 4) is 5.75 Å². The van der Waals surface area contributed by atoms with Crippen molar-refractivity contribution in [3.05, 3.63) is 29.8 Å². The molecule has 0 aliphatic carbocycles. The maximum Gasteiger partial charge on any atom is 0.127 e. The Kier molecular flexibility index (Phi) is 4.35. The molecule has 0 aromatic heterocycles. The van der Waals surface area contributed by atoms with Gasteiger partial charge in [-0.05, 0) is 30.5 Å². The van der Waals surface area contributed by atoms with Gasteiger partial charge in [0, 0.05) is 5.92 Å². The Balaban J connectivity index is 2.82. The van der Waals surface area contributed by atoms with Crippen molar-refractivity contribution in [1.82, 2.24) is 0 Å². The molecule has 2 nitrogen and oxygen atoms in total. The van der Waals surface area contributed by atoms with Gasteiger partial charge in [-0.15, -0.1) is 0 Å². The van der Waals surface area contributed by atoms with E-state index >= 15 is 0 Å². The van der Waals surface area contributed by atoms with Crippen LogP contribution in [0, 0.1) is 5.92 Å². The Morgan fingerprint density at radius 1 is 1.27 bits per heavy atom. The van der Waals surface area contributed by atoms with E-state index in [0.717, 1.165) is 17.6 Å². The Hall–Kier alpha value is -1.31. The van der Waals surface area contributed by atoms with Crippen LogP contribution >= 0.6 is 0 Å². The fraction of sp³-hybridized carbons (Fsp3) is 0.462. The van der Waals surface area contributed by atoms with Gasteiger partial charge in [-0.2, -0.15) is 0 Å². The van der Waals surface area contributed by atoms with Crippen LogP contribution in [0.1, 0.15) is 32.3 Å². The summed E-state index contributed by atoms with van der Waals surface area (Å²) in [6, 6.07) is 7.75. The minimum Gasteiger partial charge on any atom is -0.494 e. The number of carbonyl (C=O) groups excluding carboxylic acids is 1. The van der Waals surface area contributed by atoms with Crippen molar-refractivity contribution < 1.29 is 9.53 Å². The first-order chi connectivity index (χ1) is 7.19. The van der Waals surface area contributed by atoms with Crippen molar-refractivity contribution in [1.29, 1.82) is 0 Å². The SMILES string of the molecule is CCOc1ccc(C(C=O)C(C)C)cc1. The molecule has 1 unspecified atom stereocenters. The van der Waals surface area contributed by atoms with Crippen LogP contribution < -0.4 is 4.74 Å². The first-order valence-electron chi connectivity index (χ1n) is 5.37. The summed E-state index contributed by atoms with van der Waals surface area (Å²) < 4.78 is 5.35. The average molecular weight is 206 g/mol. The number of rotatable bonds is 5. The maximum absolute atomic E-state index is 10.9. The van der Waals surface area contributed by atoms with E-state index in [1.165, 1.54) is 0 Å². The normalized spacial score (nSPS) is 12.5. The molecule has 1 atom stereocenters. The molecule has 0 spiro atoms. The highest BCUT2D eigenvalue weighted by atomic mass is 16.5. The zero-order valence-corrected chi connectivity index (χ0v) is 9.57. The Bertz CT molecular complexity index is 301. The number of benzene rings is 1. The van der Waals surface area contributed by atoms with Crippen molar-refractivity contribution in [2.24, 2.45) is 5.92 Å². The van der Waals surface area contributed by atoms with Crippen LogP contribution in [-0.4, -0.2) is 12.9 Å². The fourth-order valence-corrected chi connectivity index (χ4v) is 1.57. The highest BCUT2D eigenvalue weighted by Gasteiger charge is 2.14. The number of hydrogen-bond acceptors (Lipinski definition) is 2. The summed E-state index contributed by atoms with van der Waals surface area (Å²) in [5.74, 6) is 1.18. The third-order valence-electron chi connectivity index (χ3n) is 2.44. The highest BCUT2D eigenvalue weighted by Crippen LogP contribution is 2.24. The third kappa shape index (κ3) is 3.08. The molecule has 0 saturated heterocycles. The smallest absolute Gasteiger partial charge is 0.127 e. The molecule has 0 aliphatic rings. The second kappa shape index (κ2) is 5.54. The summed E-state index contributed by atoms with van der Waals surface area (Å²) in [6.07, 6.45) is 1.01. The Morgan fingerprint density at radius 2 is 1.87 bits per heavy atom. The van der Waals surface area contributed by atoms with Crippen LogP contribution in [0.3, 0.4) is 0 Å². The largest absolute Gasteiger partial charge is 0.494 e. The number of hydrogen-bond donors (Lipinski definition) is 0. The first kappa shape index (κ1) is 11.8. The summed E-state index contributed by atoms with van der Waals surface area (Å²) in [5.41, 5.74) is 1.06. The van der Waals surface area contributed by atoms with Crippen molar-refractivity contribution >= 4 is 6.29 Å². The number of carbonyl (C=O) groups is 1.